The highest BCUT2D eigenvalue weighted by Crippen LogP contribution is 2.13. The quantitative estimate of drug-likeness (QED) is 0.889. The van der Waals surface area contributed by atoms with E-state index >= 15 is 0 Å². The van der Waals surface area contributed by atoms with E-state index in [2.05, 4.69) is 15.3 Å². The molecule has 0 aliphatic heterocycles. The van der Waals surface area contributed by atoms with Gasteiger partial charge in [-0.3, -0.25) is 4.79 Å². The molecule has 106 valence electrons. The van der Waals surface area contributed by atoms with Gasteiger partial charge in [0, 0.05) is 5.69 Å². The highest BCUT2D eigenvalue weighted by atomic mass is 16.3. The maximum absolute atomic E-state index is 12.1. The second-order valence-corrected chi connectivity index (χ2v) is 4.89. The molecule has 0 aromatic carbocycles. The van der Waals surface area contributed by atoms with Crippen LogP contribution in [0.25, 0.3) is 0 Å². The summed E-state index contributed by atoms with van der Waals surface area (Å²) in [6.45, 7) is 6.13. The number of rotatable bonds is 4. The zero-order valence-electron chi connectivity index (χ0n) is 11.8. The molecule has 2 aromatic heterocycles. The zero-order valence-corrected chi connectivity index (χ0v) is 11.8. The number of hydrogen-bond acceptors (Lipinski definition) is 5. The monoisotopic (exact) mass is 274 g/mol. The summed E-state index contributed by atoms with van der Waals surface area (Å²) in [5, 5.41) is 2.74. The third kappa shape index (κ3) is 3.34. The molecule has 2 rings (SSSR count). The minimum atomic E-state index is -0.296. The highest BCUT2D eigenvalue weighted by molar-refractivity contribution is 5.92. The number of carbonyl (C=O) groups excluding carboxylic acids is 1. The van der Waals surface area contributed by atoms with Crippen LogP contribution in [-0.4, -0.2) is 15.9 Å². The molecule has 0 aliphatic rings. The lowest BCUT2D eigenvalue weighted by molar-refractivity contribution is 0.0942. The third-order valence-corrected chi connectivity index (χ3v) is 2.81. The maximum Gasteiger partial charge on any atom is 0.270 e. The first-order valence-electron chi connectivity index (χ1n) is 6.43. The first kappa shape index (κ1) is 14.0. The number of hydrogen-bond donors (Lipinski definition) is 2. The van der Waals surface area contributed by atoms with Crippen LogP contribution in [0.4, 0.5) is 5.95 Å². The van der Waals surface area contributed by atoms with Crippen molar-refractivity contribution in [2.45, 2.75) is 33.2 Å². The van der Waals surface area contributed by atoms with Crippen LogP contribution in [0.3, 0.4) is 0 Å². The second kappa shape index (κ2) is 5.73. The molecule has 0 spiro atoms. The predicted octanol–water partition coefficient (Wildman–Crippen LogP) is 2.01. The Morgan fingerprint density at radius 2 is 2.15 bits per heavy atom. The van der Waals surface area contributed by atoms with Gasteiger partial charge in [-0.15, -0.1) is 0 Å². The summed E-state index contributed by atoms with van der Waals surface area (Å²) in [6, 6.07) is 5.33. The minimum absolute atomic E-state index is 0.107. The van der Waals surface area contributed by atoms with Crippen LogP contribution in [0, 0.1) is 6.92 Å². The van der Waals surface area contributed by atoms with Crippen LogP contribution in [-0.2, 0) is 6.54 Å². The van der Waals surface area contributed by atoms with Crippen LogP contribution in [0.1, 0.15) is 47.5 Å². The van der Waals surface area contributed by atoms with E-state index < -0.39 is 0 Å². The Balaban J connectivity index is 2.09. The van der Waals surface area contributed by atoms with E-state index in [1.807, 2.05) is 32.9 Å². The number of nitrogens with two attached hydrogens (primary N) is 1. The number of aryl methyl sites for hydroxylation is 1. The Bertz CT molecular complexity index is 619. The molecule has 0 radical (unpaired) electrons. The maximum atomic E-state index is 12.1. The number of amides is 1. The Hall–Kier alpha value is -2.37. The van der Waals surface area contributed by atoms with Crippen molar-refractivity contribution in [1.82, 2.24) is 15.3 Å². The molecule has 0 atom stereocenters. The fourth-order valence-corrected chi connectivity index (χ4v) is 1.74. The summed E-state index contributed by atoms with van der Waals surface area (Å²) in [4.78, 5) is 20.1. The summed E-state index contributed by atoms with van der Waals surface area (Å²) in [7, 11) is 0. The lowest BCUT2D eigenvalue weighted by Gasteiger charge is -2.08. The van der Waals surface area contributed by atoms with Crippen molar-refractivity contribution < 1.29 is 9.21 Å². The molecular weight excluding hydrogens is 256 g/mol. The van der Waals surface area contributed by atoms with E-state index in [4.69, 9.17) is 10.2 Å². The van der Waals surface area contributed by atoms with Gasteiger partial charge < -0.3 is 15.5 Å². The van der Waals surface area contributed by atoms with Gasteiger partial charge in [0.2, 0.25) is 5.95 Å². The van der Waals surface area contributed by atoms with E-state index in [0.29, 0.717) is 12.3 Å². The van der Waals surface area contributed by atoms with Gasteiger partial charge in [0.1, 0.15) is 17.2 Å². The Labute approximate surface area is 117 Å². The van der Waals surface area contributed by atoms with Crippen molar-refractivity contribution in [1.29, 1.82) is 0 Å². The molecule has 6 nitrogen and oxygen atoms in total. The van der Waals surface area contributed by atoms with E-state index in [1.54, 1.807) is 6.07 Å². The summed E-state index contributed by atoms with van der Waals surface area (Å²) in [5.74, 6) is 1.49. The SMILES string of the molecule is Cc1ccc(CNC(=O)c2cc(C(C)C)nc(N)n2)o1. The zero-order chi connectivity index (χ0) is 14.7. The van der Waals surface area contributed by atoms with Gasteiger partial charge in [-0.25, -0.2) is 9.97 Å². The lowest BCUT2D eigenvalue weighted by atomic mass is 10.1. The van der Waals surface area contributed by atoms with Crippen molar-refractivity contribution in [3.63, 3.8) is 0 Å². The van der Waals surface area contributed by atoms with E-state index in [9.17, 15) is 4.79 Å². The number of furan rings is 1. The fraction of sp³-hybridized carbons (Fsp3) is 0.357. The van der Waals surface area contributed by atoms with E-state index in [-0.39, 0.29) is 23.5 Å². The molecule has 0 unspecified atom stereocenters. The number of anilines is 1. The molecule has 1 amide bonds. The average molecular weight is 274 g/mol. The van der Waals surface area contributed by atoms with Gasteiger partial charge in [-0.1, -0.05) is 13.8 Å². The van der Waals surface area contributed by atoms with Gasteiger partial charge in [0.25, 0.3) is 5.91 Å². The van der Waals surface area contributed by atoms with Crippen LogP contribution < -0.4 is 11.1 Å². The fourth-order valence-electron chi connectivity index (χ4n) is 1.74. The number of nitrogen functional groups attached to an aromatic ring is 1. The molecule has 3 N–H and O–H groups in total. The number of carbonyl (C=O) groups is 1. The molecule has 0 fully saturated rings. The van der Waals surface area contributed by atoms with Gasteiger partial charge in [0.05, 0.1) is 6.54 Å². The number of nitrogens with zero attached hydrogens (tertiary/aromatic N) is 2. The van der Waals surface area contributed by atoms with Crippen molar-refractivity contribution in [3.8, 4) is 0 Å². The van der Waals surface area contributed by atoms with Crippen molar-refractivity contribution in [2.75, 3.05) is 5.73 Å². The molecule has 0 bridgehead atoms. The highest BCUT2D eigenvalue weighted by Gasteiger charge is 2.12. The molecule has 0 saturated heterocycles. The Morgan fingerprint density at radius 3 is 2.75 bits per heavy atom. The molecule has 2 aromatic rings. The standard InChI is InChI=1S/C14H18N4O2/c1-8(2)11-6-12(18-14(15)17-11)13(19)16-7-10-5-4-9(3)20-10/h4-6,8H,7H2,1-3H3,(H,16,19)(H2,15,17,18). The van der Waals surface area contributed by atoms with E-state index in [1.165, 1.54) is 0 Å². The molecular formula is C14H18N4O2. The smallest absolute Gasteiger partial charge is 0.270 e. The topological polar surface area (TPSA) is 94.0 Å². The summed E-state index contributed by atoms with van der Waals surface area (Å²) < 4.78 is 5.38. The number of aromatic nitrogens is 2. The summed E-state index contributed by atoms with van der Waals surface area (Å²) in [5.41, 5.74) is 6.64. The first-order chi connectivity index (χ1) is 9.45. The van der Waals surface area contributed by atoms with Crippen molar-refractivity contribution >= 4 is 11.9 Å². The Morgan fingerprint density at radius 1 is 1.40 bits per heavy atom. The van der Waals surface area contributed by atoms with Gasteiger partial charge in [0.15, 0.2) is 0 Å². The second-order valence-electron chi connectivity index (χ2n) is 4.89. The van der Waals surface area contributed by atoms with Crippen LogP contribution >= 0.6 is 0 Å². The molecule has 0 aliphatic carbocycles. The summed E-state index contributed by atoms with van der Waals surface area (Å²) in [6.07, 6.45) is 0. The molecule has 0 saturated carbocycles. The number of nitrogens with one attached hydrogen (secondary N) is 1. The van der Waals surface area contributed by atoms with Crippen molar-refractivity contribution in [2.24, 2.45) is 0 Å². The van der Waals surface area contributed by atoms with Crippen molar-refractivity contribution in [3.05, 3.63) is 41.1 Å². The third-order valence-electron chi connectivity index (χ3n) is 2.81. The minimum Gasteiger partial charge on any atom is -0.465 e. The van der Waals surface area contributed by atoms with Crippen LogP contribution in [0.15, 0.2) is 22.6 Å². The largest absolute Gasteiger partial charge is 0.465 e. The van der Waals surface area contributed by atoms with Gasteiger partial charge in [-0.05, 0) is 31.0 Å². The molecule has 2 heterocycles. The normalized spacial score (nSPS) is 10.8. The van der Waals surface area contributed by atoms with Crippen LogP contribution in [0.5, 0.6) is 0 Å². The van der Waals surface area contributed by atoms with Gasteiger partial charge >= 0.3 is 0 Å². The predicted molar refractivity (Wildman–Crippen MR) is 75.1 cm³/mol. The molecule has 20 heavy (non-hydrogen) atoms. The Kier molecular flexibility index (Phi) is 4.02. The van der Waals surface area contributed by atoms with Gasteiger partial charge in [-0.2, -0.15) is 0 Å². The molecule has 6 heteroatoms. The average Bonchev–Trinajstić information content (AvgIpc) is 2.81. The van der Waals surface area contributed by atoms with E-state index in [0.717, 1.165) is 11.5 Å². The summed E-state index contributed by atoms with van der Waals surface area (Å²) >= 11 is 0. The van der Waals surface area contributed by atoms with Crippen LogP contribution in [0.2, 0.25) is 0 Å². The first-order valence-corrected chi connectivity index (χ1v) is 6.43. The lowest BCUT2D eigenvalue weighted by Crippen LogP contribution is -2.24.